The Hall–Kier alpha value is -1.45. The van der Waals surface area contributed by atoms with Gasteiger partial charge in [-0.2, -0.15) is 0 Å². The van der Waals surface area contributed by atoms with Gasteiger partial charge >= 0.3 is 6.09 Å². The first-order valence-corrected chi connectivity index (χ1v) is 3.77. The molecule has 1 aromatic heterocycles. The highest BCUT2D eigenvalue weighted by Crippen LogP contribution is 2.11. The molecule has 1 heterocycles. The standard InChI is InChI=1S/C9H13NO3/c1-9(2,3)13-8(11)10-7-4-5-12-6-7/h4-6H,1-3H3,(H,10,11)/i4D,5D,6D. The number of hydrogen-bond acceptors (Lipinski definition) is 3. The molecule has 0 bridgehead atoms. The summed E-state index contributed by atoms with van der Waals surface area (Å²) in [5.74, 6) is 0. The number of nitrogens with one attached hydrogen (secondary N) is 1. The van der Waals surface area contributed by atoms with Crippen LogP contribution in [0, 0.1) is 0 Å². The first-order chi connectivity index (χ1) is 7.20. The van der Waals surface area contributed by atoms with E-state index in [1.165, 1.54) is 0 Å². The minimum Gasteiger partial charge on any atom is -0.470 e. The van der Waals surface area contributed by atoms with Crippen molar-refractivity contribution in [3.05, 3.63) is 18.5 Å². The summed E-state index contributed by atoms with van der Waals surface area (Å²) in [4.78, 5) is 11.3. The molecule has 0 fully saturated rings. The van der Waals surface area contributed by atoms with Crippen molar-refractivity contribution in [1.82, 2.24) is 0 Å². The van der Waals surface area contributed by atoms with Crippen LogP contribution in [0.5, 0.6) is 0 Å². The van der Waals surface area contributed by atoms with Crippen molar-refractivity contribution in [1.29, 1.82) is 0 Å². The van der Waals surface area contributed by atoms with Crippen molar-refractivity contribution in [2.75, 3.05) is 5.32 Å². The quantitative estimate of drug-likeness (QED) is 0.733. The third-order valence-corrected chi connectivity index (χ3v) is 1.01. The molecule has 0 aliphatic heterocycles. The molecule has 0 spiro atoms. The zero-order valence-electron chi connectivity index (χ0n) is 10.7. The number of furan rings is 1. The van der Waals surface area contributed by atoms with Gasteiger partial charge in [0.05, 0.1) is 13.3 Å². The van der Waals surface area contributed by atoms with Crippen LogP contribution in [-0.2, 0) is 4.74 Å². The minimum absolute atomic E-state index is 0.153. The van der Waals surface area contributed by atoms with E-state index in [1.54, 1.807) is 20.8 Å². The molecule has 72 valence electrons. The number of carbonyl (C=O) groups is 1. The van der Waals surface area contributed by atoms with Gasteiger partial charge in [-0.15, -0.1) is 0 Å². The molecule has 1 amide bonds. The molecule has 0 saturated heterocycles. The van der Waals surface area contributed by atoms with Gasteiger partial charge in [0, 0.05) is 6.04 Å². The van der Waals surface area contributed by atoms with Crippen LogP contribution in [-0.4, -0.2) is 11.7 Å². The first-order valence-electron chi connectivity index (χ1n) is 5.27. The third-order valence-electron chi connectivity index (χ3n) is 1.01. The fourth-order valence-electron chi connectivity index (χ4n) is 0.641. The number of anilines is 1. The van der Waals surface area contributed by atoms with Crippen LogP contribution in [0.3, 0.4) is 0 Å². The van der Waals surface area contributed by atoms with Crippen LogP contribution in [0.4, 0.5) is 10.5 Å². The lowest BCUT2D eigenvalue weighted by atomic mass is 10.2. The molecule has 0 aliphatic rings. The Morgan fingerprint density at radius 3 is 2.85 bits per heavy atom. The normalized spacial score (nSPS) is 14.2. The van der Waals surface area contributed by atoms with Gasteiger partial charge in [-0.25, -0.2) is 4.79 Å². The Labute approximate surface area is 81.1 Å². The maximum atomic E-state index is 11.3. The number of ether oxygens (including phenoxy) is 1. The molecule has 0 unspecified atom stereocenters. The van der Waals surface area contributed by atoms with Gasteiger partial charge in [-0.1, -0.05) is 0 Å². The maximum Gasteiger partial charge on any atom is 0.412 e. The highest BCUT2D eigenvalue weighted by atomic mass is 16.6. The Balaban J connectivity index is 2.78. The molecule has 4 nitrogen and oxygen atoms in total. The third kappa shape index (κ3) is 3.64. The molecular weight excluding hydrogens is 170 g/mol. The summed E-state index contributed by atoms with van der Waals surface area (Å²) in [7, 11) is 0. The second kappa shape index (κ2) is 3.51. The fraction of sp³-hybridized carbons (Fsp3) is 0.444. The van der Waals surface area contributed by atoms with E-state index in [9.17, 15) is 4.79 Å². The molecule has 1 rings (SSSR count). The zero-order chi connectivity index (χ0) is 12.5. The van der Waals surface area contributed by atoms with Crippen LogP contribution >= 0.6 is 0 Å². The lowest BCUT2D eigenvalue weighted by Gasteiger charge is -2.19. The van der Waals surface area contributed by atoms with E-state index in [4.69, 9.17) is 8.85 Å². The molecule has 1 N–H and O–H groups in total. The van der Waals surface area contributed by atoms with Gasteiger partial charge in [-0.05, 0) is 20.8 Å². The number of hydrogen-bond donors (Lipinski definition) is 1. The molecule has 0 saturated carbocycles. The molecule has 0 aliphatic carbocycles. The second-order valence-electron chi connectivity index (χ2n) is 3.43. The minimum atomic E-state index is -0.782. The number of carbonyl (C=O) groups excluding carboxylic acids is 1. The van der Waals surface area contributed by atoms with Crippen molar-refractivity contribution in [2.24, 2.45) is 0 Å². The molecule has 4 heteroatoms. The highest BCUT2D eigenvalue weighted by molar-refractivity contribution is 5.84. The van der Waals surface area contributed by atoms with E-state index in [0.29, 0.717) is 0 Å². The van der Waals surface area contributed by atoms with Crippen LogP contribution in [0.15, 0.2) is 22.9 Å². The topological polar surface area (TPSA) is 51.5 Å². The zero-order valence-corrected chi connectivity index (χ0v) is 7.72. The van der Waals surface area contributed by atoms with Gasteiger partial charge < -0.3 is 9.15 Å². The van der Waals surface area contributed by atoms with E-state index in [1.807, 2.05) is 0 Å². The molecule has 0 radical (unpaired) electrons. The van der Waals surface area contributed by atoms with Gasteiger partial charge in [-0.3, -0.25) is 5.32 Å². The monoisotopic (exact) mass is 186 g/mol. The van der Waals surface area contributed by atoms with Gasteiger partial charge in [0.25, 0.3) is 0 Å². The Morgan fingerprint density at radius 1 is 1.69 bits per heavy atom. The Bertz CT molecular complexity index is 409. The molecule has 0 atom stereocenters. The van der Waals surface area contributed by atoms with Crippen LogP contribution in [0.25, 0.3) is 0 Å². The van der Waals surface area contributed by atoms with Crippen molar-refractivity contribution in [3.63, 3.8) is 0 Å². The predicted molar refractivity (Wildman–Crippen MR) is 48.6 cm³/mol. The van der Waals surface area contributed by atoms with Crippen molar-refractivity contribution in [2.45, 2.75) is 26.4 Å². The number of rotatable bonds is 1. The largest absolute Gasteiger partial charge is 0.470 e. The summed E-state index contributed by atoms with van der Waals surface area (Å²) in [6, 6.07) is -0.337. The summed E-state index contributed by atoms with van der Waals surface area (Å²) in [6.45, 7) is 5.09. The van der Waals surface area contributed by atoms with E-state index < -0.39 is 24.2 Å². The predicted octanol–water partition coefficient (Wildman–Crippen LogP) is 2.63. The van der Waals surface area contributed by atoms with E-state index in [-0.39, 0.29) is 11.7 Å². The van der Waals surface area contributed by atoms with Gasteiger partial charge in [0.1, 0.15) is 14.6 Å². The fourth-order valence-corrected chi connectivity index (χ4v) is 0.641. The van der Waals surface area contributed by atoms with Crippen LogP contribution < -0.4 is 5.32 Å². The number of amides is 1. The summed E-state index contributed by atoms with van der Waals surface area (Å²) in [5, 5.41) is 2.21. The molecule has 1 aromatic rings. The van der Waals surface area contributed by atoms with Gasteiger partial charge in [0.2, 0.25) is 0 Å². The second-order valence-corrected chi connectivity index (χ2v) is 3.43. The van der Waals surface area contributed by atoms with Crippen LogP contribution in [0.2, 0.25) is 0 Å². The molecular formula is C9H13NO3. The maximum absolute atomic E-state index is 11.3. The summed E-state index contributed by atoms with van der Waals surface area (Å²) >= 11 is 0. The van der Waals surface area contributed by atoms with Crippen molar-refractivity contribution in [3.8, 4) is 0 Å². The average Bonchev–Trinajstić information content (AvgIpc) is 2.29. The lowest BCUT2D eigenvalue weighted by Crippen LogP contribution is -2.27. The Morgan fingerprint density at radius 2 is 2.38 bits per heavy atom. The van der Waals surface area contributed by atoms with E-state index in [0.717, 1.165) is 0 Å². The van der Waals surface area contributed by atoms with E-state index in [2.05, 4.69) is 9.73 Å². The van der Waals surface area contributed by atoms with Crippen molar-refractivity contribution < 1.29 is 18.1 Å². The highest BCUT2D eigenvalue weighted by Gasteiger charge is 2.16. The summed E-state index contributed by atoms with van der Waals surface area (Å²) in [6.07, 6.45) is -1.67. The molecule has 0 aromatic carbocycles. The van der Waals surface area contributed by atoms with Crippen molar-refractivity contribution >= 4 is 11.8 Å². The Kier molecular flexibility index (Phi) is 1.64. The first kappa shape index (κ1) is 6.07. The average molecular weight is 186 g/mol. The summed E-state index contributed by atoms with van der Waals surface area (Å²) < 4.78 is 31.3. The summed E-state index contributed by atoms with van der Waals surface area (Å²) in [5.41, 5.74) is -0.818. The smallest absolute Gasteiger partial charge is 0.412 e. The SMILES string of the molecule is [2H]c1oc([2H])c(NC(=O)OC(C)(C)C)c1[2H]. The molecule has 13 heavy (non-hydrogen) atoms. The van der Waals surface area contributed by atoms with Gasteiger partial charge in [0.15, 0.2) is 0 Å². The lowest BCUT2D eigenvalue weighted by molar-refractivity contribution is 0.0636. The van der Waals surface area contributed by atoms with E-state index >= 15 is 0 Å². The van der Waals surface area contributed by atoms with Crippen LogP contribution in [0.1, 0.15) is 24.9 Å².